The third kappa shape index (κ3) is 2.87. The van der Waals surface area contributed by atoms with Crippen LogP contribution in [0.15, 0.2) is 16.8 Å². The molecule has 1 aliphatic heterocycles. The Kier molecular flexibility index (Phi) is 4.37. The minimum Gasteiger partial charge on any atom is -0.299 e. The molecule has 0 radical (unpaired) electrons. The van der Waals surface area contributed by atoms with Crippen LogP contribution >= 0.6 is 11.3 Å². The summed E-state index contributed by atoms with van der Waals surface area (Å²) >= 11 is 1.63. The first-order chi connectivity index (χ1) is 9.04. The van der Waals surface area contributed by atoms with Gasteiger partial charge in [-0.1, -0.05) is 6.92 Å². The van der Waals surface area contributed by atoms with E-state index in [1.807, 2.05) is 32.2 Å². The highest BCUT2D eigenvalue weighted by molar-refractivity contribution is 7.07. The van der Waals surface area contributed by atoms with E-state index in [4.69, 9.17) is 0 Å². The predicted octanol–water partition coefficient (Wildman–Crippen LogP) is 2.32. The van der Waals surface area contributed by atoms with Gasteiger partial charge in [0.25, 0.3) is 0 Å². The van der Waals surface area contributed by atoms with Crippen LogP contribution < -0.4 is 5.32 Å². The number of rotatable bonds is 5. The van der Waals surface area contributed by atoms with Crippen LogP contribution in [0.4, 0.5) is 0 Å². The molecule has 2 heterocycles. The lowest BCUT2D eigenvalue weighted by Gasteiger charge is -2.22. The highest BCUT2D eigenvalue weighted by Crippen LogP contribution is 2.22. The minimum absolute atomic E-state index is 0.0109. The summed E-state index contributed by atoms with van der Waals surface area (Å²) < 4.78 is 0. The lowest BCUT2D eigenvalue weighted by Crippen LogP contribution is -2.43. The SMILES string of the molecule is CCC(C)N1C(=O)CC(NC(C)c2ccsc2)C1=O. The van der Waals surface area contributed by atoms with Gasteiger partial charge in [0.15, 0.2) is 0 Å². The fourth-order valence-corrected chi connectivity index (χ4v) is 3.10. The molecule has 19 heavy (non-hydrogen) atoms. The van der Waals surface area contributed by atoms with Crippen molar-refractivity contribution in [2.45, 2.75) is 51.7 Å². The lowest BCUT2D eigenvalue weighted by molar-refractivity contribution is -0.141. The van der Waals surface area contributed by atoms with Crippen molar-refractivity contribution in [2.75, 3.05) is 0 Å². The molecule has 2 amide bonds. The molecule has 2 rings (SSSR count). The Balaban J connectivity index is 2.03. The first-order valence-electron chi connectivity index (χ1n) is 6.68. The zero-order valence-corrected chi connectivity index (χ0v) is 12.4. The number of nitrogens with one attached hydrogen (secondary N) is 1. The van der Waals surface area contributed by atoms with Crippen LogP contribution in [0.3, 0.4) is 0 Å². The Bertz CT molecular complexity index is 458. The van der Waals surface area contributed by atoms with E-state index in [9.17, 15) is 9.59 Å². The van der Waals surface area contributed by atoms with Crippen molar-refractivity contribution in [2.24, 2.45) is 0 Å². The Labute approximate surface area is 117 Å². The van der Waals surface area contributed by atoms with E-state index in [-0.39, 0.29) is 36.4 Å². The summed E-state index contributed by atoms with van der Waals surface area (Å²) in [5.41, 5.74) is 1.16. The molecule has 5 heteroatoms. The van der Waals surface area contributed by atoms with E-state index >= 15 is 0 Å². The summed E-state index contributed by atoms with van der Waals surface area (Å²) in [5.74, 6) is -0.143. The molecule has 1 aliphatic rings. The number of amides is 2. The van der Waals surface area contributed by atoms with Gasteiger partial charge >= 0.3 is 0 Å². The van der Waals surface area contributed by atoms with Gasteiger partial charge in [-0.15, -0.1) is 0 Å². The van der Waals surface area contributed by atoms with Gasteiger partial charge in [-0.25, -0.2) is 0 Å². The summed E-state index contributed by atoms with van der Waals surface area (Å²) in [4.78, 5) is 25.6. The summed E-state index contributed by atoms with van der Waals surface area (Å²) in [5, 5.41) is 7.34. The first-order valence-corrected chi connectivity index (χ1v) is 7.63. The fourth-order valence-electron chi connectivity index (χ4n) is 2.35. The molecule has 0 aliphatic carbocycles. The molecule has 4 nitrogen and oxygen atoms in total. The van der Waals surface area contributed by atoms with Gasteiger partial charge in [0.2, 0.25) is 11.8 Å². The van der Waals surface area contributed by atoms with Crippen molar-refractivity contribution >= 4 is 23.2 Å². The smallest absolute Gasteiger partial charge is 0.247 e. The monoisotopic (exact) mass is 280 g/mol. The van der Waals surface area contributed by atoms with E-state index in [1.165, 1.54) is 4.90 Å². The molecule has 1 N–H and O–H groups in total. The maximum absolute atomic E-state index is 12.3. The molecule has 3 atom stereocenters. The Hall–Kier alpha value is -1.20. The van der Waals surface area contributed by atoms with Crippen molar-refractivity contribution in [3.63, 3.8) is 0 Å². The number of likely N-dealkylation sites (tertiary alicyclic amines) is 1. The normalized spacial score (nSPS) is 22.9. The van der Waals surface area contributed by atoms with E-state index in [0.717, 1.165) is 12.0 Å². The summed E-state index contributed by atoms with van der Waals surface area (Å²) in [6.45, 7) is 5.92. The quantitative estimate of drug-likeness (QED) is 0.842. The molecule has 0 spiro atoms. The lowest BCUT2D eigenvalue weighted by atomic mass is 10.1. The summed E-state index contributed by atoms with van der Waals surface area (Å²) in [6, 6.07) is 1.74. The Morgan fingerprint density at radius 1 is 1.47 bits per heavy atom. The molecular formula is C14H20N2O2S. The molecule has 3 unspecified atom stereocenters. The van der Waals surface area contributed by atoms with Crippen molar-refractivity contribution in [1.82, 2.24) is 10.2 Å². The van der Waals surface area contributed by atoms with Crippen LogP contribution in [-0.4, -0.2) is 28.8 Å². The first kappa shape index (κ1) is 14.2. The average molecular weight is 280 g/mol. The second-order valence-corrected chi connectivity index (χ2v) is 5.84. The van der Waals surface area contributed by atoms with Crippen LogP contribution in [0.2, 0.25) is 0 Å². The van der Waals surface area contributed by atoms with Crippen LogP contribution in [0.1, 0.15) is 45.2 Å². The van der Waals surface area contributed by atoms with Gasteiger partial charge in [-0.2, -0.15) is 11.3 Å². The Morgan fingerprint density at radius 3 is 2.79 bits per heavy atom. The average Bonchev–Trinajstić information content (AvgIpc) is 2.98. The maximum atomic E-state index is 12.3. The standard InChI is InChI=1S/C14H20N2O2S/c1-4-9(2)16-13(17)7-12(14(16)18)15-10(3)11-5-6-19-8-11/h5-6,8-10,12,15H,4,7H2,1-3H3. The molecule has 1 fully saturated rings. The second kappa shape index (κ2) is 5.84. The molecule has 1 aromatic rings. The van der Waals surface area contributed by atoms with Gasteiger partial charge in [-0.05, 0) is 42.7 Å². The zero-order chi connectivity index (χ0) is 14.0. The van der Waals surface area contributed by atoms with Crippen molar-refractivity contribution < 1.29 is 9.59 Å². The van der Waals surface area contributed by atoms with Gasteiger partial charge in [0.1, 0.15) is 0 Å². The molecule has 1 aromatic heterocycles. The van der Waals surface area contributed by atoms with Crippen LogP contribution in [0.5, 0.6) is 0 Å². The summed E-state index contributed by atoms with van der Waals surface area (Å²) in [7, 11) is 0. The summed E-state index contributed by atoms with van der Waals surface area (Å²) in [6.07, 6.45) is 1.07. The number of imide groups is 1. The van der Waals surface area contributed by atoms with Crippen molar-refractivity contribution in [3.05, 3.63) is 22.4 Å². The highest BCUT2D eigenvalue weighted by Gasteiger charge is 2.40. The van der Waals surface area contributed by atoms with E-state index in [0.29, 0.717) is 0 Å². The Morgan fingerprint density at radius 2 is 2.21 bits per heavy atom. The van der Waals surface area contributed by atoms with Gasteiger partial charge < -0.3 is 0 Å². The highest BCUT2D eigenvalue weighted by atomic mass is 32.1. The molecule has 0 saturated carbocycles. The minimum atomic E-state index is -0.378. The zero-order valence-electron chi connectivity index (χ0n) is 11.6. The number of nitrogens with zero attached hydrogens (tertiary/aromatic N) is 1. The third-order valence-electron chi connectivity index (χ3n) is 3.71. The van der Waals surface area contributed by atoms with Gasteiger partial charge in [-0.3, -0.25) is 19.8 Å². The molecule has 0 aromatic carbocycles. The number of carbonyl (C=O) groups excluding carboxylic acids is 2. The number of thiophene rings is 1. The van der Waals surface area contributed by atoms with E-state index in [2.05, 4.69) is 10.7 Å². The van der Waals surface area contributed by atoms with Gasteiger partial charge in [0, 0.05) is 12.1 Å². The van der Waals surface area contributed by atoms with Crippen LogP contribution in [0.25, 0.3) is 0 Å². The molecule has 104 valence electrons. The fraction of sp³-hybridized carbons (Fsp3) is 0.571. The number of carbonyl (C=O) groups is 2. The van der Waals surface area contributed by atoms with Crippen LogP contribution in [0, 0.1) is 0 Å². The molecule has 0 bridgehead atoms. The number of hydrogen-bond acceptors (Lipinski definition) is 4. The topological polar surface area (TPSA) is 49.4 Å². The predicted molar refractivity (Wildman–Crippen MR) is 75.9 cm³/mol. The third-order valence-corrected chi connectivity index (χ3v) is 4.41. The van der Waals surface area contributed by atoms with E-state index in [1.54, 1.807) is 11.3 Å². The number of hydrogen-bond donors (Lipinski definition) is 1. The molecular weight excluding hydrogens is 260 g/mol. The largest absolute Gasteiger partial charge is 0.299 e. The maximum Gasteiger partial charge on any atom is 0.247 e. The van der Waals surface area contributed by atoms with Gasteiger partial charge in [0.05, 0.1) is 12.5 Å². The molecule has 1 saturated heterocycles. The van der Waals surface area contributed by atoms with E-state index < -0.39 is 0 Å². The van der Waals surface area contributed by atoms with Crippen molar-refractivity contribution in [1.29, 1.82) is 0 Å². The van der Waals surface area contributed by atoms with Crippen LogP contribution in [-0.2, 0) is 9.59 Å². The van der Waals surface area contributed by atoms with Crippen molar-refractivity contribution in [3.8, 4) is 0 Å². The second-order valence-electron chi connectivity index (χ2n) is 5.06.